The number of hydrogen-bond donors (Lipinski definition) is 3. The standard InChI is InChI=1S/C44H59N5O9S/c1-3-4-12-23-59(54,55)48-41(52)44-25-29(44)13-8-6-5-7-9-16-35(46-42(53)57-30-14-10-11-15-30)40(51)49-27-43(26-36(49)39(50)47-44)22-21-32-33-24-31(56-2)19-20-34(33)45-37(28-17-18-28)38(32)58-43/h8,13,19-20,24,28-30,35-36H,3-7,9-12,14-18,21-23,25-27H2,1-2H3,(H,46,53)(H,47,50)(H,48,52)/b13-8-/t29-,35+,36+,43-,44?/m1/s1. The van der Waals surface area contributed by atoms with Crippen LogP contribution in [0.4, 0.5) is 4.79 Å². The summed E-state index contributed by atoms with van der Waals surface area (Å²) in [5, 5.41) is 6.81. The third-order valence-corrected chi connectivity index (χ3v) is 14.6. The van der Waals surface area contributed by atoms with Gasteiger partial charge in [0.15, 0.2) is 0 Å². The van der Waals surface area contributed by atoms with Crippen LogP contribution in [0.25, 0.3) is 10.9 Å². The van der Waals surface area contributed by atoms with E-state index in [4.69, 9.17) is 19.2 Å². The Labute approximate surface area is 347 Å². The van der Waals surface area contributed by atoms with Gasteiger partial charge in [-0.1, -0.05) is 44.8 Å². The van der Waals surface area contributed by atoms with Crippen molar-refractivity contribution >= 4 is 44.7 Å². The summed E-state index contributed by atoms with van der Waals surface area (Å²) in [6.45, 7) is 2.05. The van der Waals surface area contributed by atoms with Crippen LogP contribution in [-0.2, 0) is 35.6 Å². The molecule has 1 aromatic heterocycles. The highest BCUT2D eigenvalue weighted by Gasteiger charge is 2.62. The summed E-state index contributed by atoms with van der Waals surface area (Å²) >= 11 is 0. The first-order chi connectivity index (χ1) is 28.4. The number of aryl methyl sites for hydroxylation is 1. The molecule has 59 heavy (non-hydrogen) atoms. The lowest BCUT2D eigenvalue weighted by Crippen LogP contribution is -2.58. The van der Waals surface area contributed by atoms with E-state index in [9.17, 15) is 27.6 Å². The van der Waals surface area contributed by atoms with Gasteiger partial charge in [0, 0.05) is 29.2 Å². The van der Waals surface area contributed by atoms with Crippen molar-refractivity contribution in [2.45, 2.75) is 158 Å². The molecule has 1 unspecified atom stereocenters. The predicted octanol–water partition coefficient (Wildman–Crippen LogP) is 5.85. The fourth-order valence-corrected chi connectivity index (χ4v) is 10.8. The van der Waals surface area contributed by atoms with Crippen LogP contribution in [0.1, 0.15) is 133 Å². The van der Waals surface area contributed by atoms with Crippen LogP contribution in [0.15, 0.2) is 30.4 Å². The summed E-state index contributed by atoms with van der Waals surface area (Å²) in [6, 6.07) is 3.82. The number of carbonyl (C=O) groups excluding carboxylic acids is 4. The number of ether oxygens (including phenoxy) is 3. The topological polar surface area (TPSA) is 182 Å². The first kappa shape index (κ1) is 41.3. The van der Waals surface area contributed by atoms with Crippen LogP contribution >= 0.6 is 0 Å². The molecule has 320 valence electrons. The van der Waals surface area contributed by atoms with E-state index in [0.717, 1.165) is 79.9 Å². The van der Waals surface area contributed by atoms with Gasteiger partial charge in [-0.15, -0.1) is 0 Å². The minimum atomic E-state index is -3.95. The molecule has 2 aromatic rings. The van der Waals surface area contributed by atoms with E-state index in [-0.39, 0.29) is 37.2 Å². The number of alkyl carbamates (subject to hydrolysis) is 1. The van der Waals surface area contributed by atoms with Crippen LogP contribution in [0.5, 0.6) is 11.5 Å². The SMILES string of the molecule is CCCCCS(=O)(=O)NC(=O)C12C[C@H]1/C=C\CCCCC[C@H](NC(=O)OC1CCCC1)C(=O)N1C[C@@]3(CCc4c(c(C5CC5)nc5ccc(OC)cc45)O3)C[C@H]1C(=O)N2. The highest BCUT2D eigenvalue weighted by molar-refractivity contribution is 7.90. The Balaban J connectivity index is 1.13. The molecular weight excluding hydrogens is 775 g/mol. The minimum Gasteiger partial charge on any atom is -0.497 e. The van der Waals surface area contributed by atoms with Gasteiger partial charge in [0.25, 0.3) is 5.91 Å². The molecule has 3 aliphatic carbocycles. The van der Waals surface area contributed by atoms with E-state index in [2.05, 4.69) is 15.4 Å². The first-order valence-electron chi connectivity index (χ1n) is 21.9. The second-order valence-electron chi connectivity index (χ2n) is 17.7. The number of hydrogen-bond acceptors (Lipinski definition) is 10. The molecule has 6 aliphatic rings. The largest absolute Gasteiger partial charge is 0.497 e. The molecule has 4 heterocycles. The summed E-state index contributed by atoms with van der Waals surface area (Å²) in [5.74, 6) is -0.713. The molecular formula is C44H59N5O9S. The number of pyridine rings is 1. The van der Waals surface area contributed by atoms with Crippen LogP contribution < -0.4 is 24.8 Å². The molecule has 3 saturated carbocycles. The zero-order chi connectivity index (χ0) is 41.4. The quantitative estimate of drug-likeness (QED) is 0.194. The molecule has 1 saturated heterocycles. The molecule has 3 N–H and O–H groups in total. The van der Waals surface area contributed by atoms with Crippen LogP contribution in [0, 0.1) is 5.92 Å². The number of sulfonamides is 1. The van der Waals surface area contributed by atoms with Crippen molar-refractivity contribution in [3.05, 3.63) is 41.6 Å². The number of allylic oxidation sites excluding steroid dienone is 1. The van der Waals surface area contributed by atoms with E-state index < -0.39 is 63.0 Å². The van der Waals surface area contributed by atoms with Crippen LogP contribution in [0.2, 0.25) is 0 Å². The van der Waals surface area contributed by atoms with Gasteiger partial charge >= 0.3 is 6.09 Å². The van der Waals surface area contributed by atoms with Crippen LogP contribution in [0.3, 0.4) is 0 Å². The number of rotatable bonds is 10. The smallest absolute Gasteiger partial charge is 0.408 e. The number of methoxy groups -OCH3 is 1. The number of amides is 4. The Morgan fingerprint density at radius 1 is 1.03 bits per heavy atom. The van der Waals surface area contributed by atoms with Gasteiger partial charge in [0.2, 0.25) is 21.8 Å². The molecule has 1 aromatic carbocycles. The summed E-state index contributed by atoms with van der Waals surface area (Å²) in [4.78, 5) is 63.7. The Morgan fingerprint density at radius 3 is 2.59 bits per heavy atom. The molecule has 0 radical (unpaired) electrons. The normalized spacial score (nSPS) is 29.3. The Kier molecular flexibility index (Phi) is 11.9. The molecule has 15 heteroatoms. The summed E-state index contributed by atoms with van der Waals surface area (Å²) in [6.07, 6.45) is 15.3. The lowest BCUT2D eigenvalue weighted by atomic mass is 9.86. The minimum absolute atomic E-state index is 0.0772. The highest BCUT2D eigenvalue weighted by atomic mass is 32.2. The maximum Gasteiger partial charge on any atom is 0.408 e. The van der Waals surface area contributed by atoms with Gasteiger partial charge in [-0.25, -0.2) is 18.2 Å². The summed E-state index contributed by atoms with van der Waals surface area (Å²) < 4.78 is 46.8. The Hall–Kier alpha value is -4.40. The number of carbonyl (C=O) groups is 4. The average Bonchev–Trinajstić information content (AvgIpc) is 4.09. The lowest BCUT2D eigenvalue weighted by molar-refractivity contribution is -0.141. The molecule has 14 nitrogen and oxygen atoms in total. The van der Waals surface area contributed by atoms with Crippen molar-refractivity contribution in [3.63, 3.8) is 0 Å². The zero-order valence-electron chi connectivity index (χ0n) is 34.4. The van der Waals surface area contributed by atoms with E-state index in [1.54, 1.807) is 7.11 Å². The molecule has 3 aliphatic heterocycles. The Morgan fingerprint density at radius 2 is 1.83 bits per heavy atom. The van der Waals surface area contributed by atoms with Gasteiger partial charge < -0.3 is 29.7 Å². The van der Waals surface area contributed by atoms with Gasteiger partial charge in [-0.05, 0) is 102 Å². The van der Waals surface area contributed by atoms with E-state index in [1.807, 2.05) is 37.3 Å². The number of fused-ring (bicyclic) bond motifs is 5. The number of nitrogens with zero attached hydrogens (tertiary/aromatic N) is 2. The number of unbranched alkanes of at least 4 members (excludes halogenated alkanes) is 2. The summed E-state index contributed by atoms with van der Waals surface area (Å²) in [7, 11) is -2.33. The number of benzene rings is 1. The maximum absolute atomic E-state index is 14.9. The first-order valence-corrected chi connectivity index (χ1v) is 23.6. The predicted molar refractivity (Wildman–Crippen MR) is 220 cm³/mol. The van der Waals surface area contributed by atoms with Crippen molar-refractivity contribution in [1.29, 1.82) is 0 Å². The summed E-state index contributed by atoms with van der Waals surface area (Å²) in [5.41, 5.74) is 0.305. The maximum atomic E-state index is 14.9. The van der Waals surface area contributed by atoms with E-state index in [1.165, 1.54) is 4.90 Å². The molecule has 4 amide bonds. The fourth-order valence-electron chi connectivity index (χ4n) is 9.67. The highest BCUT2D eigenvalue weighted by Crippen LogP contribution is 2.52. The van der Waals surface area contributed by atoms with Gasteiger partial charge in [-0.2, -0.15) is 0 Å². The number of aromatic nitrogens is 1. The third-order valence-electron chi connectivity index (χ3n) is 13.3. The fraction of sp³-hybridized carbons (Fsp3) is 0.659. The number of nitrogens with one attached hydrogen (secondary N) is 3. The monoisotopic (exact) mass is 833 g/mol. The average molecular weight is 834 g/mol. The zero-order valence-corrected chi connectivity index (χ0v) is 35.2. The van der Waals surface area contributed by atoms with Crippen molar-refractivity contribution in [2.24, 2.45) is 5.92 Å². The molecule has 8 rings (SSSR count). The van der Waals surface area contributed by atoms with Crippen molar-refractivity contribution in [3.8, 4) is 11.5 Å². The Bertz CT molecular complexity index is 2100. The van der Waals surface area contributed by atoms with Crippen molar-refractivity contribution < 1.29 is 41.8 Å². The molecule has 0 bridgehead atoms. The van der Waals surface area contributed by atoms with E-state index in [0.29, 0.717) is 56.4 Å². The third kappa shape index (κ3) is 8.90. The second kappa shape index (κ2) is 16.9. The van der Waals surface area contributed by atoms with Gasteiger partial charge in [0.05, 0.1) is 30.6 Å². The molecule has 1 spiro atoms. The molecule has 4 fully saturated rings. The van der Waals surface area contributed by atoms with Gasteiger partial charge in [0.1, 0.15) is 40.8 Å². The van der Waals surface area contributed by atoms with Crippen molar-refractivity contribution in [2.75, 3.05) is 19.4 Å². The van der Waals surface area contributed by atoms with Crippen molar-refractivity contribution in [1.82, 2.24) is 25.2 Å². The second-order valence-corrected chi connectivity index (χ2v) is 19.6. The van der Waals surface area contributed by atoms with Gasteiger partial charge in [-0.3, -0.25) is 19.1 Å². The molecule has 5 atom stereocenters. The lowest BCUT2D eigenvalue weighted by Gasteiger charge is -2.37. The van der Waals surface area contributed by atoms with Crippen LogP contribution in [-0.4, -0.2) is 90.9 Å². The van der Waals surface area contributed by atoms with E-state index >= 15 is 0 Å².